The molecule has 2 atom stereocenters. The Labute approximate surface area is 239 Å². The predicted octanol–water partition coefficient (Wildman–Crippen LogP) is 5.94. The first-order chi connectivity index (χ1) is 18.9. The van der Waals surface area contributed by atoms with Crippen molar-refractivity contribution in [3.8, 4) is 11.1 Å². The molecular weight excluding hydrogens is 528 g/mol. The molecule has 2 N–H and O–H groups in total. The molecule has 204 valence electrons. The first kappa shape index (κ1) is 28.6. The number of methoxy groups -OCH3 is 1. The van der Waals surface area contributed by atoms with Crippen LogP contribution in [0.1, 0.15) is 36.5 Å². The molecule has 3 aromatic rings. The molecule has 1 amide bonds. The Balaban J connectivity index is 1.30. The monoisotopic (exact) mass is 562 g/mol. The molecule has 0 saturated carbocycles. The summed E-state index contributed by atoms with van der Waals surface area (Å²) in [6.45, 7) is 4.34. The predicted molar refractivity (Wildman–Crippen MR) is 161 cm³/mol. The number of nitrogens with one attached hydrogen (secondary N) is 2. The standard InChI is InChI=1S/C31H34N2O4S2/c1-20(2)28(19-39-31(38)33-27(29(34)36-3)17-21-11-5-4-6-12-21)32-30(35)37-18-26-24-15-9-7-13-22(24)23-14-8-10-16-25(23)26/h4-16,20,26-28H,17-19H2,1-3H3,(H,32,35)(H,33,38)/t27-,28+/m0/s1. The molecule has 0 unspecified atom stereocenters. The van der Waals surface area contributed by atoms with Crippen molar-refractivity contribution < 1.29 is 19.1 Å². The molecular formula is C31H34N2O4S2. The van der Waals surface area contributed by atoms with Gasteiger partial charge in [-0.1, -0.05) is 117 Å². The quantitative estimate of drug-likeness (QED) is 0.234. The van der Waals surface area contributed by atoms with Crippen molar-refractivity contribution in [1.82, 2.24) is 10.6 Å². The second kappa shape index (κ2) is 13.6. The number of thiocarbonyl (C=S) groups is 1. The van der Waals surface area contributed by atoms with Crippen LogP contribution >= 0.6 is 24.0 Å². The number of ether oxygens (including phenoxy) is 2. The molecule has 1 aliphatic rings. The fraction of sp³-hybridized carbons (Fsp3) is 0.323. The average Bonchev–Trinajstić information content (AvgIpc) is 3.27. The summed E-state index contributed by atoms with van der Waals surface area (Å²) in [4.78, 5) is 25.2. The number of benzene rings is 3. The van der Waals surface area contributed by atoms with Crippen LogP contribution in [0.3, 0.4) is 0 Å². The molecule has 8 heteroatoms. The van der Waals surface area contributed by atoms with Gasteiger partial charge in [-0.2, -0.15) is 0 Å². The second-order valence-corrected chi connectivity index (χ2v) is 11.5. The van der Waals surface area contributed by atoms with E-state index in [4.69, 9.17) is 21.7 Å². The van der Waals surface area contributed by atoms with Gasteiger partial charge in [-0.15, -0.1) is 0 Å². The summed E-state index contributed by atoms with van der Waals surface area (Å²) in [5.74, 6) is 0.319. The van der Waals surface area contributed by atoms with Gasteiger partial charge < -0.3 is 20.1 Å². The molecule has 39 heavy (non-hydrogen) atoms. The smallest absolute Gasteiger partial charge is 0.407 e. The lowest BCUT2D eigenvalue weighted by atomic mass is 9.98. The summed E-state index contributed by atoms with van der Waals surface area (Å²) in [5.41, 5.74) is 5.74. The number of thioether (sulfide) groups is 1. The molecule has 0 radical (unpaired) electrons. The first-order valence-corrected chi connectivity index (χ1v) is 14.4. The van der Waals surface area contributed by atoms with E-state index in [0.29, 0.717) is 16.5 Å². The minimum absolute atomic E-state index is 0.00618. The van der Waals surface area contributed by atoms with Crippen LogP contribution in [-0.2, 0) is 20.7 Å². The van der Waals surface area contributed by atoms with Crippen LogP contribution in [0.5, 0.6) is 0 Å². The number of alkyl carbamates (subject to hydrolysis) is 1. The SMILES string of the molecule is COC(=O)[C@H](Cc1ccccc1)NC(=S)SC[C@@H](NC(=O)OCC1c2ccccc2-c2ccccc21)C(C)C. The van der Waals surface area contributed by atoms with E-state index in [-0.39, 0.29) is 30.5 Å². The van der Waals surface area contributed by atoms with E-state index in [9.17, 15) is 9.59 Å². The number of fused-ring (bicyclic) bond motifs is 3. The lowest BCUT2D eigenvalue weighted by Gasteiger charge is -2.24. The number of carbonyl (C=O) groups excluding carboxylic acids is 2. The minimum Gasteiger partial charge on any atom is -0.467 e. The fourth-order valence-corrected chi connectivity index (χ4v) is 6.10. The molecule has 1 aliphatic carbocycles. The highest BCUT2D eigenvalue weighted by Crippen LogP contribution is 2.44. The third-order valence-corrected chi connectivity index (χ3v) is 8.28. The van der Waals surface area contributed by atoms with Gasteiger partial charge in [0.05, 0.1) is 7.11 Å². The van der Waals surface area contributed by atoms with Crippen molar-refractivity contribution in [3.63, 3.8) is 0 Å². The zero-order chi connectivity index (χ0) is 27.8. The highest BCUT2D eigenvalue weighted by Gasteiger charge is 2.29. The van der Waals surface area contributed by atoms with Crippen LogP contribution < -0.4 is 10.6 Å². The molecule has 0 bridgehead atoms. The Bertz CT molecular complexity index is 1250. The maximum Gasteiger partial charge on any atom is 0.407 e. The van der Waals surface area contributed by atoms with E-state index in [0.717, 1.165) is 5.56 Å². The van der Waals surface area contributed by atoms with E-state index in [1.807, 2.05) is 68.4 Å². The third-order valence-electron chi connectivity index (χ3n) is 6.91. The van der Waals surface area contributed by atoms with Crippen molar-refractivity contribution in [2.45, 2.75) is 38.3 Å². The molecule has 6 nitrogen and oxygen atoms in total. The van der Waals surface area contributed by atoms with Crippen molar-refractivity contribution >= 4 is 40.4 Å². The highest BCUT2D eigenvalue weighted by atomic mass is 32.2. The summed E-state index contributed by atoms with van der Waals surface area (Å²) in [6.07, 6.45) is 0.00589. The maximum atomic E-state index is 12.8. The van der Waals surface area contributed by atoms with E-state index in [1.165, 1.54) is 41.1 Å². The van der Waals surface area contributed by atoms with Gasteiger partial charge in [-0.3, -0.25) is 0 Å². The second-order valence-electron chi connectivity index (χ2n) is 9.83. The van der Waals surface area contributed by atoms with Crippen molar-refractivity contribution in [2.75, 3.05) is 19.5 Å². The summed E-state index contributed by atoms with van der Waals surface area (Å²) in [6, 6.07) is 25.5. The average molecular weight is 563 g/mol. The van der Waals surface area contributed by atoms with Crippen molar-refractivity contribution in [1.29, 1.82) is 0 Å². The summed E-state index contributed by atoms with van der Waals surface area (Å²) in [7, 11) is 1.37. The molecule has 0 aromatic heterocycles. The van der Waals surface area contributed by atoms with Crippen LogP contribution in [0, 0.1) is 5.92 Å². The Hall–Kier alpha value is -3.36. The van der Waals surface area contributed by atoms with Gasteiger partial charge >= 0.3 is 12.1 Å². The number of esters is 1. The number of hydrogen-bond acceptors (Lipinski definition) is 6. The zero-order valence-electron chi connectivity index (χ0n) is 22.4. The van der Waals surface area contributed by atoms with Gasteiger partial charge in [0, 0.05) is 24.1 Å². The molecule has 0 saturated heterocycles. The van der Waals surface area contributed by atoms with Gasteiger partial charge in [-0.25, -0.2) is 9.59 Å². The molecule has 0 spiro atoms. The van der Waals surface area contributed by atoms with Gasteiger partial charge in [-0.05, 0) is 33.7 Å². The first-order valence-electron chi connectivity index (χ1n) is 13.0. The fourth-order valence-electron chi connectivity index (χ4n) is 4.73. The number of hydrogen-bond donors (Lipinski definition) is 2. The van der Waals surface area contributed by atoms with Gasteiger partial charge in [0.15, 0.2) is 0 Å². The van der Waals surface area contributed by atoms with Crippen molar-refractivity contribution in [2.24, 2.45) is 5.92 Å². The summed E-state index contributed by atoms with van der Waals surface area (Å²) < 4.78 is 11.2. The van der Waals surface area contributed by atoms with E-state index >= 15 is 0 Å². The van der Waals surface area contributed by atoms with Crippen molar-refractivity contribution in [3.05, 3.63) is 95.6 Å². The largest absolute Gasteiger partial charge is 0.467 e. The number of carbonyl (C=O) groups is 2. The summed E-state index contributed by atoms with van der Waals surface area (Å²) >= 11 is 6.92. The molecule has 0 aliphatic heterocycles. The zero-order valence-corrected chi connectivity index (χ0v) is 24.0. The lowest BCUT2D eigenvalue weighted by Crippen LogP contribution is -2.44. The van der Waals surface area contributed by atoms with Crippen LogP contribution in [0.4, 0.5) is 4.79 Å². The van der Waals surface area contributed by atoms with E-state index in [1.54, 1.807) is 0 Å². The molecule has 3 aromatic carbocycles. The van der Waals surface area contributed by atoms with Gasteiger partial charge in [0.1, 0.15) is 17.0 Å². The Morgan fingerprint density at radius 2 is 1.49 bits per heavy atom. The van der Waals surface area contributed by atoms with Crippen LogP contribution in [-0.4, -0.2) is 47.9 Å². The normalized spacial score (nSPS) is 13.6. The van der Waals surface area contributed by atoms with Crippen LogP contribution in [0.2, 0.25) is 0 Å². The van der Waals surface area contributed by atoms with E-state index in [2.05, 4.69) is 34.9 Å². The molecule has 0 fully saturated rings. The highest BCUT2D eigenvalue weighted by molar-refractivity contribution is 8.23. The third kappa shape index (κ3) is 7.40. The minimum atomic E-state index is -0.593. The number of rotatable bonds is 10. The topological polar surface area (TPSA) is 76.7 Å². The number of amides is 1. The van der Waals surface area contributed by atoms with Crippen LogP contribution in [0.15, 0.2) is 78.9 Å². The maximum absolute atomic E-state index is 12.8. The van der Waals surface area contributed by atoms with Crippen LogP contribution in [0.25, 0.3) is 11.1 Å². The Morgan fingerprint density at radius 1 is 0.897 bits per heavy atom. The summed E-state index contributed by atoms with van der Waals surface area (Å²) in [5, 5.41) is 6.13. The lowest BCUT2D eigenvalue weighted by molar-refractivity contribution is -0.142. The molecule has 0 heterocycles. The van der Waals surface area contributed by atoms with E-state index < -0.39 is 12.1 Å². The van der Waals surface area contributed by atoms with Gasteiger partial charge in [0.2, 0.25) is 0 Å². The van der Waals surface area contributed by atoms with Gasteiger partial charge in [0.25, 0.3) is 0 Å². The Kier molecular flexibility index (Phi) is 10.0. The Morgan fingerprint density at radius 3 is 2.08 bits per heavy atom. The molecule has 4 rings (SSSR count).